The number of hydrogen-bond donors (Lipinski definition) is 1. The van der Waals surface area contributed by atoms with Crippen LogP contribution in [0.15, 0.2) is 42.5 Å². The van der Waals surface area contributed by atoms with Gasteiger partial charge in [-0.2, -0.15) is 0 Å². The van der Waals surface area contributed by atoms with Gasteiger partial charge in [-0.25, -0.2) is 4.39 Å². The van der Waals surface area contributed by atoms with Crippen LogP contribution >= 0.6 is 0 Å². The molecule has 1 atom stereocenters. The van der Waals surface area contributed by atoms with E-state index < -0.39 is 0 Å². The van der Waals surface area contributed by atoms with Crippen LogP contribution < -0.4 is 14.8 Å². The number of amides is 1. The lowest BCUT2D eigenvalue weighted by Gasteiger charge is -2.24. The molecule has 26 heavy (non-hydrogen) atoms. The average Bonchev–Trinajstić information content (AvgIpc) is 3.09. The number of hydrogen-bond acceptors (Lipinski definition) is 4. The molecule has 138 valence electrons. The Morgan fingerprint density at radius 2 is 1.81 bits per heavy atom. The van der Waals surface area contributed by atoms with Crippen LogP contribution in [0.5, 0.6) is 11.5 Å². The molecule has 0 radical (unpaired) electrons. The second kappa shape index (κ2) is 8.19. The maximum absolute atomic E-state index is 13.1. The van der Waals surface area contributed by atoms with Crippen LogP contribution in [-0.2, 0) is 4.79 Å². The predicted molar refractivity (Wildman–Crippen MR) is 98.1 cm³/mol. The number of likely N-dealkylation sites (tertiary alicyclic amines) is 1. The lowest BCUT2D eigenvalue weighted by Crippen LogP contribution is -2.32. The van der Waals surface area contributed by atoms with Crippen molar-refractivity contribution in [3.8, 4) is 11.5 Å². The summed E-state index contributed by atoms with van der Waals surface area (Å²) in [4.78, 5) is 14.6. The van der Waals surface area contributed by atoms with Gasteiger partial charge in [0.1, 0.15) is 17.3 Å². The molecule has 0 bridgehead atoms. The third-order valence-electron chi connectivity index (χ3n) is 4.60. The molecule has 0 spiro atoms. The topological polar surface area (TPSA) is 50.8 Å². The number of methoxy groups -OCH3 is 2. The average molecular weight is 358 g/mol. The van der Waals surface area contributed by atoms with Crippen LogP contribution in [0.1, 0.15) is 24.4 Å². The van der Waals surface area contributed by atoms with Gasteiger partial charge < -0.3 is 14.8 Å². The number of carbonyl (C=O) groups excluding carboxylic acids is 1. The minimum Gasteiger partial charge on any atom is -0.497 e. The number of nitrogens with zero attached hydrogens (tertiary/aromatic N) is 1. The Morgan fingerprint density at radius 1 is 1.15 bits per heavy atom. The molecule has 1 N–H and O–H groups in total. The maximum atomic E-state index is 13.1. The smallest absolute Gasteiger partial charge is 0.238 e. The summed E-state index contributed by atoms with van der Waals surface area (Å²) in [7, 11) is 3.13. The minimum absolute atomic E-state index is 0.102. The van der Waals surface area contributed by atoms with Crippen LogP contribution in [0.4, 0.5) is 10.1 Å². The highest BCUT2D eigenvalue weighted by atomic mass is 19.1. The summed E-state index contributed by atoms with van der Waals surface area (Å²) in [6, 6.07) is 11.9. The zero-order valence-electron chi connectivity index (χ0n) is 15.0. The molecule has 0 aliphatic carbocycles. The Kier molecular flexibility index (Phi) is 5.73. The van der Waals surface area contributed by atoms with Gasteiger partial charge in [-0.05, 0) is 37.1 Å². The molecule has 2 aromatic rings. The lowest BCUT2D eigenvalue weighted by molar-refractivity contribution is -0.117. The Balaban J connectivity index is 1.66. The highest BCUT2D eigenvalue weighted by Crippen LogP contribution is 2.32. The van der Waals surface area contributed by atoms with Crippen molar-refractivity contribution in [2.24, 2.45) is 0 Å². The Hall–Kier alpha value is -2.60. The molecule has 3 rings (SSSR count). The fourth-order valence-electron chi connectivity index (χ4n) is 3.34. The van der Waals surface area contributed by atoms with E-state index in [2.05, 4.69) is 10.2 Å². The van der Waals surface area contributed by atoms with Crippen molar-refractivity contribution < 1.29 is 18.7 Å². The largest absolute Gasteiger partial charge is 0.497 e. The number of benzene rings is 2. The standard InChI is InChI=1S/C20H23FN2O3/c1-25-17-10-16(11-18(12-17)26-2)22-20(24)13-23-9-3-4-19(23)14-5-7-15(21)8-6-14/h5-8,10-12,19H,3-4,9,13H2,1-2H3,(H,22,24). The van der Waals surface area contributed by atoms with E-state index in [4.69, 9.17) is 9.47 Å². The van der Waals surface area contributed by atoms with Gasteiger partial charge in [-0.1, -0.05) is 12.1 Å². The van der Waals surface area contributed by atoms with Gasteiger partial charge >= 0.3 is 0 Å². The molecule has 1 aliphatic rings. The van der Waals surface area contributed by atoms with Crippen LogP contribution in [0.2, 0.25) is 0 Å². The van der Waals surface area contributed by atoms with E-state index in [1.807, 2.05) is 0 Å². The summed E-state index contributed by atoms with van der Waals surface area (Å²) in [5, 5.41) is 2.90. The molecule has 1 saturated heterocycles. The van der Waals surface area contributed by atoms with Gasteiger partial charge in [0.2, 0.25) is 5.91 Å². The molecule has 0 aromatic heterocycles. The molecule has 1 aliphatic heterocycles. The minimum atomic E-state index is -0.247. The molecular weight excluding hydrogens is 335 g/mol. The van der Waals surface area contributed by atoms with Crippen LogP contribution in [0.25, 0.3) is 0 Å². The lowest BCUT2D eigenvalue weighted by atomic mass is 10.0. The highest BCUT2D eigenvalue weighted by Gasteiger charge is 2.27. The third kappa shape index (κ3) is 4.32. The van der Waals surface area contributed by atoms with Gasteiger partial charge in [0.15, 0.2) is 0 Å². The number of anilines is 1. The van der Waals surface area contributed by atoms with E-state index in [0.29, 0.717) is 17.2 Å². The summed E-state index contributed by atoms with van der Waals surface area (Å²) in [6.07, 6.45) is 1.98. The summed E-state index contributed by atoms with van der Waals surface area (Å²) in [5.74, 6) is 0.882. The van der Waals surface area contributed by atoms with E-state index in [0.717, 1.165) is 24.9 Å². The van der Waals surface area contributed by atoms with Crippen LogP contribution in [-0.4, -0.2) is 38.1 Å². The first kappa shape index (κ1) is 18.2. The summed E-state index contributed by atoms with van der Waals surface area (Å²) in [5.41, 5.74) is 1.67. The molecule has 5 nitrogen and oxygen atoms in total. The molecule has 6 heteroatoms. The quantitative estimate of drug-likeness (QED) is 0.857. The number of rotatable bonds is 6. The van der Waals surface area contributed by atoms with Crippen molar-refractivity contribution in [2.45, 2.75) is 18.9 Å². The maximum Gasteiger partial charge on any atom is 0.238 e. The third-order valence-corrected chi connectivity index (χ3v) is 4.60. The van der Waals surface area contributed by atoms with Crippen molar-refractivity contribution in [3.63, 3.8) is 0 Å². The molecular formula is C20H23FN2O3. The van der Waals surface area contributed by atoms with E-state index in [-0.39, 0.29) is 24.3 Å². The van der Waals surface area contributed by atoms with Crippen molar-refractivity contribution in [3.05, 3.63) is 53.8 Å². The van der Waals surface area contributed by atoms with Crippen LogP contribution in [0, 0.1) is 5.82 Å². The van der Waals surface area contributed by atoms with E-state index in [1.165, 1.54) is 12.1 Å². The van der Waals surface area contributed by atoms with Gasteiger partial charge in [-0.15, -0.1) is 0 Å². The van der Waals surface area contributed by atoms with Crippen molar-refractivity contribution in [2.75, 3.05) is 32.6 Å². The van der Waals surface area contributed by atoms with Gasteiger partial charge in [0.25, 0.3) is 0 Å². The van der Waals surface area contributed by atoms with Gasteiger partial charge in [0, 0.05) is 29.9 Å². The SMILES string of the molecule is COc1cc(NC(=O)CN2CCCC2c2ccc(F)cc2)cc(OC)c1. The zero-order valence-corrected chi connectivity index (χ0v) is 15.0. The van der Waals surface area contributed by atoms with E-state index in [9.17, 15) is 9.18 Å². The Bertz CT molecular complexity index is 742. The summed E-state index contributed by atoms with van der Waals surface area (Å²) < 4.78 is 23.6. The fraction of sp³-hybridized carbons (Fsp3) is 0.350. The number of ether oxygens (including phenoxy) is 2. The highest BCUT2D eigenvalue weighted by molar-refractivity contribution is 5.92. The van der Waals surface area contributed by atoms with Crippen molar-refractivity contribution in [1.82, 2.24) is 4.90 Å². The Morgan fingerprint density at radius 3 is 2.42 bits per heavy atom. The monoisotopic (exact) mass is 358 g/mol. The first-order valence-electron chi connectivity index (χ1n) is 8.61. The molecule has 0 saturated carbocycles. The predicted octanol–water partition coefficient (Wildman–Crippen LogP) is 3.62. The summed E-state index contributed by atoms with van der Waals surface area (Å²) in [6.45, 7) is 1.12. The Labute approximate surface area is 152 Å². The second-order valence-electron chi connectivity index (χ2n) is 6.33. The number of nitrogens with one attached hydrogen (secondary N) is 1. The number of carbonyl (C=O) groups is 1. The van der Waals surface area contributed by atoms with Gasteiger partial charge in [-0.3, -0.25) is 9.69 Å². The van der Waals surface area contributed by atoms with E-state index >= 15 is 0 Å². The molecule has 1 amide bonds. The molecule has 1 unspecified atom stereocenters. The second-order valence-corrected chi connectivity index (χ2v) is 6.33. The molecule has 1 heterocycles. The summed E-state index contributed by atoms with van der Waals surface area (Å²) >= 11 is 0. The first-order valence-corrected chi connectivity index (χ1v) is 8.61. The molecule has 1 fully saturated rings. The number of halogens is 1. The van der Waals surface area contributed by atoms with Crippen molar-refractivity contribution in [1.29, 1.82) is 0 Å². The van der Waals surface area contributed by atoms with Gasteiger partial charge in [0.05, 0.1) is 20.8 Å². The molecule has 2 aromatic carbocycles. The zero-order chi connectivity index (χ0) is 18.5. The normalized spacial score (nSPS) is 17.1. The van der Waals surface area contributed by atoms with E-state index in [1.54, 1.807) is 44.6 Å². The first-order chi connectivity index (χ1) is 12.6. The van der Waals surface area contributed by atoms with Crippen LogP contribution in [0.3, 0.4) is 0 Å². The fourth-order valence-corrected chi connectivity index (χ4v) is 3.34. The van der Waals surface area contributed by atoms with Crippen molar-refractivity contribution >= 4 is 11.6 Å².